The van der Waals surface area contributed by atoms with Crippen LogP contribution in [0.1, 0.15) is 27.7 Å². The first-order valence-electron chi connectivity index (χ1n) is 4.87. The molecule has 0 spiro atoms. The smallest absolute Gasteiger partial charge is 0.0716 e. The van der Waals surface area contributed by atoms with Gasteiger partial charge in [0.05, 0.1) is 6.61 Å². The molecule has 0 aromatic heterocycles. The average molecular weight is 182 g/mol. The predicted octanol–water partition coefficient (Wildman–Crippen LogP) is 3.74. The molecule has 0 aliphatic heterocycles. The van der Waals surface area contributed by atoms with Crippen LogP contribution in [0.2, 0.25) is 0 Å². The minimum Gasteiger partial charge on any atom is -0.377 e. The van der Waals surface area contributed by atoms with Crippen LogP contribution in [-0.2, 0) is 4.74 Å². The van der Waals surface area contributed by atoms with Crippen LogP contribution in [0.3, 0.4) is 0 Å². The van der Waals surface area contributed by atoms with Crippen LogP contribution >= 0.6 is 0 Å². The van der Waals surface area contributed by atoms with E-state index in [0.29, 0.717) is 6.61 Å². The lowest BCUT2D eigenvalue weighted by molar-refractivity contribution is 0.173. The lowest BCUT2D eigenvalue weighted by Gasteiger charge is -2.00. The van der Waals surface area contributed by atoms with Gasteiger partial charge in [-0.05, 0) is 19.4 Å². The Kier molecular flexibility index (Phi) is 15.5. The highest BCUT2D eigenvalue weighted by molar-refractivity contribution is 5.22. The molecular weight excluding hydrogens is 160 g/mol. The summed E-state index contributed by atoms with van der Waals surface area (Å²) < 4.78 is 5.23. The van der Waals surface area contributed by atoms with E-state index in [1.165, 1.54) is 0 Å². The maximum absolute atomic E-state index is 5.23. The lowest BCUT2D eigenvalue weighted by atomic mass is 10.2. The molecule has 76 valence electrons. The topological polar surface area (TPSA) is 9.23 Å². The zero-order valence-corrected chi connectivity index (χ0v) is 9.34. The summed E-state index contributed by atoms with van der Waals surface area (Å²) in [5.41, 5.74) is 1.16. The van der Waals surface area contributed by atoms with Crippen molar-refractivity contribution in [2.75, 3.05) is 13.2 Å². The number of ether oxygens (including phenoxy) is 1. The van der Waals surface area contributed by atoms with Crippen molar-refractivity contribution in [2.45, 2.75) is 27.7 Å². The van der Waals surface area contributed by atoms with E-state index in [4.69, 9.17) is 4.74 Å². The fourth-order valence-electron chi connectivity index (χ4n) is 0.737. The van der Waals surface area contributed by atoms with Gasteiger partial charge in [0.1, 0.15) is 0 Å². The lowest BCUT2D eigenvalue weighted by Crippen LogP contribution is -1.94. The van der Waals surface area contributed by atoms with Gasteiger partial charge >= 0.3 is 0 Å². The van der Waals surface area contributed by atoms with Gasteiger partial charge in [0.25, 0.3) is 0 Å². The van der Waals surface area contributed by atoms with Crippen molar-refractivity contribution in [1.82, 2.24) is 0 Å². The zero-order valence-electron chi connectivity index (χ0n) is 9.34. The second-order valence-electron chi connectivity index (χ2n) is 2.11. The molecule has 0 aromatic rings. The van der Waals surface area contributed by atoms with E-state index in [-0.39, 0.29) is 0 Å². The molecule has 1 heteroatoms. The highest BCUT2D eigenvalue weighted by atomic mass is 16.5. The molecule has 13 heavy (non-hydrogen) atoms. The van der Waals surface area contributed by atoms with Gasteiger partial charge < -0.3 is 4.74 Å². The summed E-state index contributed by atoms with van der Waals surface area (Å²) in [7, 11) is 0. The molecule has 0 fully saturated rings. The molecule has 0 rings (SSSR count). The van der Waals surface area contributed by atoms with Crippen molar-refractivity contribution < 1.29 is 4.74 Å². The Morgan fingerprint density at radius 3 is 2.38 bits per heavy atom. The molecule has 0 aromatic carbocycles. The summed E-state index contributed by atoms with van der Waals surface area (Å²) in [6.45, 7) is 13.0. The summed E-state index contributed by atoms with van der Waals surface area (Å²) in [6, 6.07) is 0. The fraction of sp³-hybridized carbons (Fsp3) is 0.500. The first kappa shape index (κ1) is 14.7. The third-order valence-electron chi connectivity index (χ3n) is 1.19. The van der Waals surface area contributed by atoms with Crippen molar-refractivity contribution in [3.05, 3.63) is 36.5 Å². The first-order valence-corrected chi connectivity index (χ1v) is 4.87. The minimum absolute atomic E-state index is 0.673. The van der Waals surface area contributed by atoms with E-state index in [0.717, 1.165) is 12.2 Å². The number of hydrogen-bond acceptors (Lipinski definition) is 1. The Morgan fingerprint density at radius 2 is 2.00 bits per heavy atom. The number of rotatable bonds is 5. The Balaban J connectivity index is 0. The van der Waals surface area contributed by atoms with Gasteiger partial charge in [-0.1, -0.05) is 44.7 Å². The van der Waals surface area contributed by atoms with Crippen LogP contribution in [0.25, 0.3) is 0 Å². The largest absolute Gasteiger partial charge is 0.377 e. The summed E-state index contributed by atoms with van der Waals surface area (Å²) in [4.78, 5) is 0. The number of allylic oxidation sites excluding steroid dienone is 3. The summed E-state index contributed by atoms with van der Waals surface area (Å²) >= 11 is 0. The summed E-state index contributed by atoms with van der Waals surface area (Å²) in [5, 5.41) is 0. The van der Waals surface area contributed by atoms with E-state index in [9.17, 15) is 0 Å². The third kappa shape index (κ3) is 11.2. The summed E-state index contributed by atoms with van der Waals surface area (Å²) in [6.07, 6.45) is 7.75. The molecule has 0 N–H and O–H groups in total. The van der Waals surface area contributed by atoms with Gasteiger partial charge in [-0.25, -0.2) is 0 Å². The molecule has 0 saturated carbocycles. The normalized spacial score (nSPS) is 10.9. The monoisotopic (exact) mass is 182 g/mol. The van der Waals surface area contributed by atoms with E-state index >= 15 is 0 Å². The molecule has 0 aliphatic rings. The Labute approximate surface area is 82.8 Å². The van der Waals surface area contributed by atoms with Gasteiger partial charge in [0, 0.05) is 6.61 Å². The van der Waals surface area contributed by atoms with Crippen LogP contribution in [0, 0.1) is 0 Å². The van der Waals surface area contributed by atoms with Crippen LogP contribution < -0.4 is 0 Å². The maximum atomic E-state index is 5.23. The molecule has 0 bridgehead atoms. The van der Waals surface area contributed by atoms with Gasteiger partial charge in [0.2, 0.25) is 0 Å². The molecule has 0 radical (unpaired) electrons. The van der Waals surface area contributed by atoms with E-state index in [1.54, 1.807) is 6.08 Å². The van der Waals surface area contributed by atoms with Crippen LogP contribution in [0.4, 0.5) is 0 Å². The maximum Gasteiger partial charge on any atom is 0.0716 e. The van der Waals surface area contributed by atoms with E-state index in [2.05, 4.69) is 6.58 Å². The van der Waals surface area contributed by atoms with Crippen LogP contribution in [-0.4, -0.2) is 13.2 Å². The molecule has 1 nitrogen and oxygen atoms in total. The zero-order chi connectivity index (χ0) is 10.5. The second kappa shape index (κ2) is 13.7. The second-order valence-corrected chi connectivity index (χ2v) is 2.11. The quantitative estimate of drug-likeness (QED) is 0.588. The van der Waals surface area contributed by atoms with Crippen molar-refractivity contribution >= 4 is 0 Å². The molecular formula is C12H22O. The third-order valence-corrected chi connectivity index (χ3v) is 1.19. The Bertz CT molecular complexity index is 155. The van der Waals surface area contributed by atoms with Crippen molar-refractivity contribution in [3.8, 4) is 0 Å². The van der Waals surface area contributed by atoms with Crippen molar-refractivity contribution in [1.29, 1.82) is 0 Å². The Hall–Kier alpha value is -0.820. The highest BCUT2D eigenvalue weighted by Crippen LogP contribution is 1.97. The fourth-order valence-corrected chi connectivity index (χ4v) is 0.737. The Morgan fingerprint density at radius 1 is 1.38 bits per heavy atom. The molecule has 0 amide bonds. The first-order chi connectivity index (χ1) is 6.35. The SMILES string of the molecule is C=C/C=C(\C=C/C)COCC.CC. The van der Waals surface area contributed by atoms with E-state index in [1.807, 2.05) is 45.9 Å². The standard InChI is InChI=1S/C10H16O.C2H6/c1-4-7-10(8-5-2)9-11-6-3;1-2/h4-5,7-8H,1,6,9H2,2-3H3;1-2H3/b8-5-,10-7+;. The molecule has 0 unspecified atom stereocenters. The molecule has 0 aliphatic carbocycles. The highest BCUT2D eigenvalue weighted by Gasteiger charge is 1.88. The summed E-state index contributed by atoms with van der Waals surface area (Å²) in [5.74, 6) is 0. The van der Waals surface area contributed by atoms with Gasteiger partial charge in [0.15, 0.2) is 0 Å². The predicted molar refractivity (Wildman–Crippen MR) is 60.9 cm³/mol. The molecule has 0 saturated heterocycles. The minimum atomic E-state index is 0.673. The van der Waals surface area contributed by atoms with Gasteiger partial charge in [-0.3, -0.25) is 0 Å². The van der Waals surface area contributed by atoms with Gasteiger partial charge in [-0.15, -0.1) is 0 Å². The van der Waals surface area contributed by atoms with Crippen LogP contribution in [0.15, 0.2) is 36.5 Å². The van der Waals surface area contributed by atoms with Crippen molar-refractivity contribution in [3.63, 3.8) is 0 Å². The average Bonchev–Trinajstić information content (AvgIpc) is 2.18. The molecule has 0 atom stereocenters. The van der Waals surface area contributed by atoms with Gasteiger partial charge in [-0.2, -0.15) is 0 Å². The van der Waals surface area contributed by atoms with E-state index < -0.39 is 0 Å². The number of hydrogen-bond donors (Lipinski definition) is 0. The van der Waals surface area contributed by atoms with Crippen molar-refractivity contribution in [2.24, 2.45) is 0 Å². The molecule has 0 heterocycles. The van der Waals surface area contributed by atoms with Crippen LogP contribution in [0.5, 0.6) is 0 Å².